The Morgan fingerprint density at radius 2 is 1.65 bits per heavy atom. The van der Waals surface area contributed by atoms with Gasteiger partial charge in [0.25, 0.3) is 0 Å². The molecule has 4 nitrogen and oxygen atoms in total. The largest absolute Gasteiger partial charge is 0.414 e. The Kier molecular flexibility index (Phi) is 7.16. The molecule has 194 valence electrons. The van der Waals surface area contributed by atoms with Crippen LogP contribution in [0, 0.1) is 34.5 Å². The maximum absolute atomic E-state index is 6.88. The third kappa shape index (κ3) is 4.90. The van der Waals surface area contributed by atoms with Crippen LogP contribution in [0.4, 0.5) is 0 Å². The van der Waals surface area contributed by atoms with Gasteiger partial charge in [-0.05, 0) is 120 Å². The van der Waals surface area contributed by atoms with Crippen LogP contribution in [0.5, 0.6) is 0 Å². The molecule has 4 aliphatic carbocycles. The van der Waals surface area contributed by atoms with E-state index in [2.05, 4.69) is 71.3 Å². The first-order valence-corrected chi connectivity index (χ1v) is 20.6. The number of fused-ring (bicyclic) bond motifs is 5. The SMILES string of the molecule is CO/N=C(/C)[C@H]1[C@H](O[Si](C)(C)C)C[C@H]2[C@@H]3CC=C4C[C@@H](O[Si](C)(C)C)CC[C@]4(C)[C@H]3CC[C@@]21C. The Bertz CT molecular complexity index is 828. The lowest BCUT2D eigenvalue weighted by Crippen LogP contribution is -2.51. The van der Waals surface area contributed by atoms with Crippen LogP contribution in [0.3, 0.4) is 0 Å². The van der Waals surface area contributed by atoms with Crippen molar-refractivity contribution in [2.75, 3.05) is 7.11 Å². The molecule has 0 aliphatic heterocycles. The van der Waals surface area contributed by atoms with Gasteiger partial charge in [-0.15, -0.1) is 0 Å². The van der Waals surface area contributed by atoms with Crippen molar-refractivity contribution in [1.82, 2.24) is 0 Å². The molecule has 3 fully saturated rings. The average Bonchev–Trinajstić information content (AvgIpc) is 2.97. The summed E-state index contributed by atoms with van der Waals surface area (Å²) in [5.41, 5.74) is 3.45. The Labute approximate surface area is 211 Å². The Morgan fingerprint density at radius 3 is 2.26 bits per heavy atom. The van der Waals surface area contributed by atoms with Crippen molar-refractivity contribution in [2.45, 2.75) is 117 Å². The number of rotatable bonds is 6. The summed E-state index contributed by atoms with van der Waals surface area (Å²) in [4.78, 5) is 5.28. The molecule has 0 unspecified atom stereocenters. The predicted molar refractivity (Wildman–Crippen MR) is 147 cm³/mol. The summed E-state index contributed by atoms with van der Waals surface area (Å²) in [6.07, 6.45) is 12.1. The van der Waals surface area contributed by atoms with Gasteiger partial charge in [-0.1, -0.05) is 30.7 Å². The van der Waals surface area contributed by atoms with Crippen molar-refractivity contribution < 1.29 is 13.7 Å². The first kappa shape index (κ1) is 26.6. The van der Waals surface area contributed by atoms with Gasteiger partial charge in [0.2, 0.25) is 0 Å². The summed E-state index contributed by atoms with van der Waals surface area (Å²) in [5.74, 6) is 2.62. The second kappa shape index (κ2) is 9.14. The highest BCUT2D eigenvalue weighted by Gasteiger charge is 2.62. The van der Waals surface area contributed by atoms with Crippen LogP contribution in [-0.4, -0.2) is 41.7 Å². The van der Waals surface area contributed by atoms with Gasteiger partial charge in [0.05, 0.1) is 11.8 Å². The van der Waals surface area contributed by atoms with Crippen LogP contribution in [0.2, 0.25) is 39.3 Å². The van der Waals surface area contributed by atoms with Crippen molar-refractivity contribution in [3.05, 3.63) is 11.6 Å². The van der Waals surface area contributed by atoms with Crippen molar-refractivity contribution in [2.24, 2.45) is 39.7 Å². The minimum Gasteiger partial charge on any atom is -0.414 e. The fraction of sp³-hybridized carbons (Fsp3) is 0.893. The molecule has 4 rings (SSSR count). The van der Waals surface area contributed by atoms with E-state index in [1.54, 1.807) is 12.7 Å². The normalized spacial score (nSPS) is 43.0. The molecule has 6 heteroatoms. The van der Waals surface area contributed by atoms with Gasteiger partial charge in [-0.25, -0.2) is 0 Å². The Hall–Kier alpha value is -0.436. The molecule has 0 aromatic heterocycles. The van der Waals surface area contributed by atoms with E-state index in [4.69, 9.17) is 13.7 Å². The highest BCUT2D eigenvalue weighted by molar-refractivity contribution is 6.70. The monoisotopic (exact) mass is 505 g/mol. The third-order valence-corrected chi connectivity index (χ3v) is 11.8. The molecule has 0 radical (unpaired) electrons. The smallest absolute Gasteiger partial charge is 0.184 e. The molecule has 0 aromatic carbocycles. The van der Waals surface area contributed by atoms with Gasteiger partial charge in [-0.2, -0.15) is 0 Å². The van der Waals surface area contributed by atoms with E-state index < -0.39 is 16.6 Å². The number of oxime groups is 1. The van der Waals surface area contributed by atoms with Crippen molar-refractivity contribution in [3.8, 4) is 0 Å². The topological polar surface area (TPSA) is 40.0 Å². The molecular formula is C28H51NO3Si2. The van der Waals surface area contributed by atoms with E-state index in [0.29, 0.717) is 23.4 Å². The van der Waals surface area contributed by atoms with Crippen LogP contribution in [0.15, 0.2) is 16.8 Å². The van der Waals surface area contributed by atoms with Gasteiger partial charge in [-0.3, -0.25) is 0 Å². The molecule has 8 atom stereocenters. The fourth-order valence-electron chi connectivity index (χ4n) is 8.73. The lowest BCUT2D eigenvalue weighted by atomic mass is 9.47. The van der Waals surface area contributed by atoms with Crippen molar-refractivity contribution in [1.29, 1.82) is 0 Å². The quantitative estimate of drug-likeness (QED) is 0.161. The van der Waals surface area contributed by atoms with Crippen LogP contribution in [0.25, 0.3) is 0 Å². The highest BCUT2D eigenvalue weighted by atomic mass is 28.4. The lowest BCUT2D eigenvalue weighted by Gasteiger charge is -2.58. The summed E-state index contributed by atoms with van der Waals surface area (Å²) < 4.78 is 13.5. The van der Waals surface area contributed by atoms with E-state index >= 15 is 0 Å². The van der Waals surface area contributed by atoms with E-state index in [1.165, 1.54) is 38.5 Å². The summed E-state index contributed by atoms with van der Waals surface area (Å²) >= 11 is 0. The standard InChI is InChI=1S/C28H51NO3Si2/c1-19(29-30-4)26-25(32-34(8,9)10)18-24-22-12-11-20-17-21(31-33(5,6)7)13-15-27(20,2)23(22)14-16-28(24,26)3/h11,21-26H,12-18H2,1-10H3/b29-19-/t21-,22+,23-,24-,25+,26-,27-,28-/m0/s1. The lowest BCUT2D eigenvalue weighted by molar-refractivity contribution is -0.0416. The maximum atomic E-state index is 6.88. The van der Waals surface area contributed by atoms with Crippen LogP contribution >= 0.6 is 0 Å². The first-order chi connectivity index (χ1) is 15.7. The molecule has 0 bridgehead atoms. The van der Waals surface area contributed by atoms with Gasteiger partial charge < -0.3 is 13.7 Å². The molecule has 0 aromatic rings. The highest BCUT2D eigenvalue weighted by Crippen LogP contribution is 2.67. The van der Waals surface area contributed by atoms with Crippen molar-refractivity contribution >= 4 is 22.3 Å². The summed E-state index contributed by atoms with van der Waals surface area (Å²) in [6.45, 7) is 21.3. The van der Waals surface area contributed by atoms with Crippen LogP contribution in [-0.2, 0) is 13.7 Å². The zero-order valence-electron chi connectivity index (χ0n) is 23.7. The van der Waals surface area contributed by atoms with Gasteiger partial charge in [0.15, 0.2) is 16.6 Å². The molecule has 0 N–H and O–H groups in total. The number of hydrogen-bond acceptors (Lipinski definition) is 4. The zero-order valence-corrected chi connectivity index (χ0v) is 25.7. The van der Waals surface area contributed by atoms with Crippen molar-refractivity contribution in [3.63, 3.8) is 0 Å². The van der Waals surface area contributed by atoms with Gasteiger partial charge in [0, 0.05) is 12.0 Å². The minimum atomic E-state index is -1.66. The molecule has 3 saturated carbocycles. The van der Waals surface area contributed by atoms with Crippen LogP contribution in [0.1, 0.15) is 65.7 Å². The molecule has 0 heterocycles. The minimum absolute atomic E-state index is 0.247. The molecule has 0 spiro atoms. The molecular weight excluding hydrogens is 454 g/mol. The van der Waals surface area contributed by atoms with Gasteiger partial charge in [0.1, 0.15) is 7.11 Å². The predicted octanol–water partition coefficient (Wildman–Crippen LogP) is 7.64. The Morgan fingerprint density at radius 1 is 0.971 bits per heavy atom. The van der Waals surface area contributed by atoms with E-state index in [-0.39, 0.29) is 11.5 Å². The Balaban J connectivity index is 1.62. The summed E-state index contributed by atoms with van der Waals surface area (Å²) in [6, 6.07) is 0. The third-order valence-electron chi connectivity index (χ3n) is 9.78. The van der Waals surface area contributed by atoms with E-state index in [9.17, 15) is 0 Å². The van der Waals surface area contributed by atoms with Crippen LogP contribution < -0.4 is 0 Å². The molecule has 0 amide bonds. The fourth-order valence-corrected chi connectivity index (χ4v) is 11.1. The summed E-state index contributed by atoms with van der Waals surface area (Å²) in [7, 11) is -1.48. The molecule has 34 heavy (non-hydrogen) atoms. The first-order valence-electron chi connectivity index (χ1n) is 13.8. The number of hydrogen-bond donors (Lipinski definition) is 0. The number of nitrogens with zero attached hydrogens (tertiary/aromatic N) is 1. The van der Waals surface area contributed by atoms with E-state index in [0.717, 1.165) is 24.0 Å². The second-order valence-corrected chi connectivity index (χ2v) is 23.2. The van der Waals surface area contributed by atoms with Gasteiger partial charge >= 0.3 is 0 Å². The zero-order chi connectivity index (χ0) is 25.1. The second-order valence-electron chi connectivity index (χ2n) is 14.3. The molecule has 4 aliphatic rings. The average molecular weight is 506 g/mol. The molecule has 0 saturated heterocycles. The van der Waals surface area contributed by atoms with E-state index in [1.807, 2.05) is 0 Å². The maximum Gasteiger partial charge on any atom is 0.184 e. The number of allylic oxidation sites excluding steroid dienone is 1. The summed E-state index contributed by atoms with van der Waals surface area (Å²) in [5, 5.41) is 4.47.